The predicted molar refractivity (Wildman–Crippen MR) is 77.2 cm³/mol. The standard InChI is InChI=1S/C16H23FN2O3/c17-12-9-16(20-7-8-21-16)6-5-13(12)18-10-14-11-3-1-2-4-15(11)22-19-14/h12-13,18H,1-10H2/t12-,13+/m1/s1. The second-order valence-electron chi connectivity index (χ2n) is 6.59. The van der Waals surface area contributed by atoms with Crippen molar-refractivity contribution in [3.05, 3.63) is 17.0 Å². The summed E-state index contributed by atoms with van der Waals surface area (Å²) in [5.74, 6) is 0.361. The Morgan fingerprint density at radius 3 is 2.86 bits per heavy atom. The Morgan fingerprint density at radius 2 is 2.05 bits per heavy atom. The Hall–Kier alpha value is -0.980. The first kappa shape index (κ1) is 14.6. The zero-order valence-corrected chi connectivity index (χ0v) is 12.8. The lowest BCUT2D eigenvalue weighted by molar-refractivity contribution is -0.192. The highest BCUT2D eigenvalue weighted by Crippen LogP contribution is 2.37. The summed E-state index contributed by atoms with van der Waals surface area (Å²) in [6.45, 7) is 1.74. The largest absolute Gasteiger partial charge is 0.361 e. The van der Waals surface area contributed by atoms with E-state index in [1.807, 2.05) is 0 Å². The van der Waals surface area contributed by atoms with E-state index in [1.165, 1.54) is 18.4 Å². The van der Waals surface area contributed by atoms with E-state index in [4.69, 9.17) is 14.0 Å². The predicted octanol–water partition coefficient (Wildman–Crippen LogP) is 2.28. The molecule has 2 aliphatic carbocycles. The molecule has 0 radical (unpaired) electrons. The maximum absolute atomic E-state index is 14.4. The van der Waals surface area contributed by atoms with Gasteiger partial charge in [0.2, 0.25) is 0 Å². The number of rotatable bonds is 3. The van der Waals surface area contributed by atoms with Gasteiger partial charge in [-0.25, -0.2) is 4.39 Å². The molecule has 1 aliphatic heterocycles. The Kier molecular flexibility index (Phi) is 3.92. The molecule has 0 unspecified atom stereocenters. The SMILES string of the molecule is F[C@@H]1CC2(CC[C@@H]1NCc1noc3c1CCCC3)OCCO2. The van der Waals surface area contributed by atoms with Gasteiger partial charge in [0, 0.05) is 37.4 Å². The van der Waals surface area contributed by atoms with Gasteiger partial charge in [-0.3, -0.25) is 0 Å². The Bertz CT molecular complexity index is 527. The molecule has 2 atom stereocenters. The first-order valence-electron chi connectivity index (χ1n) is 8.37. The van der Waals surface area contributed by atoms with Crippen molar-refractivity contribution in [2.45, 2.75) is 69.5 Å². The molecule has 0 aromatic carbocycles. The number of aryl methyl sites for hydroxylation is 1. The molecule has 2 heterocycles. The molecule has 4 rings (SSSR count). The number of alkyl halides is 1. The molecule has 1 spiro atoms. The normalized spacial score (nSPS) is 30.6. The van der Waals surface area contributed by atoms with E-state index in [0.717, 1.165) is 37.1 Å². The number of hydrogen-bond acceptors (Lipinski definition) is 5. The Morgan fingerprint density at radius 1 is 1.23 bits per heavy atom. The zero-order valence-electron chi connectivity index (χ0n) is 12.8. The molecular weight excluding hydrogens is 287 g/mol. The van der Waals surface area contributed by atoms with Crippen LogP contribution >= 0.6 is 0 Å². The number of nitrogens with zero attached hydrogens (tertiary/aromatic N) is 1. The molecule has 1 saturated carbocycles. The van der Waals surface area contributed by atoms with Crippen LogP contribution in [-0.4, -0.2) is 36.4 Å². The molecule has 22 heavy (non-hydrogen) atoms. The number of ether oxygens (including phenoxy) is 2. The third-order valence-electron chi connectivity index (χ3n) is 5.16. The van der Waals surface area contributed by atoms with Gasteiger partial charge in [0.1, 0.15) is 17.6 Å². The van der Waals surface area contributed by atoms with Crippen LogP contribution in [0.2, 0.25) is 0 Å². The molecule has 1 saturated heterocycles. The lowest BCUT2D eigenvalue weighted by atomic mass is 9.88. The first-order chi connectivity index (χ1) is 10.8. The number of nitrogens with one attached hydrogen (secondary N) is 1. The van der Waals surface area contributed by atoms with Crippen molar-refractivity contribution in [3.8, 4) is 0 Å². The van der Waals surface area contributed by atoms with Crippen molar-refractivity contribution < 1.29 is 18.4 Å². The van der Waals surface area contributed by atoms with Crippen LogP contribution in [-0.2, 0) is 28.9 Å². The molecule has 1 aromatic heterocycles. The molecule has 1 N–H and O–H groups in total. The van der Waals surface area contributed by atoms with Crippen LogP contribution in [0.15, 0.2) is 4.52 Å². The van der Waals surface area contributed by atoms with Gasteiger partial charge >= 0.3 is 0 Å². The summed E-state index contributed by atoms with van der Waals surface area (Å²) < 4.78 is 31.1. The quantitative estimate of drug-likeness (QED) is 0.928. The summed E-state index contributed by atoms with van der Waals surface area (Å²) in [5, 5.41) is 7.49. The first-order valence-corrected chi connectivity index (χ1v) is 8.37. The van der Waals surface area contributed by atoms with Gasteiger partial charge in [0.05, 0.1) is 13.2 Å². The lowest BCUT2D eigenvalue weighted by Crippen LogP contribution is -2.49. The Balaban J connectivity index is 1.35. The molecule has 3 aliphatic rings. The molecule has 0 amide bonds. The van der Waals surface area contributed by atoms with E-state index < -0.39 is 12.0 Å². The summed E-state index contributed by atoms with van der Waals surface area (Å²) in [5.41, 5.74) is 2.19. The van der Waals surface area contributed by atoms with Crippen molar-refractivity contribution >= 4 is 0 Å². The monoisotopic (exact) mass is 310 g/mol. The third kappa shape index (κ3) is 2.68. The molecular formula is C16H23FN2O3. The summed E-state index contributed by atoms with van der Waals surface area (Å²) >= 11 is 0. The van der Waals surface area contributed by atoms with E-state index in [0.29, 0.717) is 26.2 Å². The van der Waals surface area contributed by atoms with Gasteiger partial charge in [-0.15, -0.1) is 0 Å². The molecule has 0 bridgehead atoms. The van der Waals surface area contributed by atoms with Crippen LogP contribution in [0.5, 0.6) is 0 Å². The van der Waals surface area contributed by atoms with E-state index in [1.54, 1.807) is 0 Å². The van der Waals surface area contributed by atoms with Gasteiger partial charge in [-0.05, 0) is 25.7 Å². The molecule has 1 aromatic rings. The van der Waals surface area contributed by atoms with Crippen LogP contribution in [0.4, 0.5) is 4.39 Å². The molecule has 2 fully saturated rings. The number of aromatic nitrogens is 1. The van der Waals surface area contributed by atoms with Crippen molar-refractivity contribution in [2.24, 2.45) is 0 Å². The minimum Gasteiger partial charge on any atom is -0.361 e. The topological polar surface area (TPSA) is 56.5 Å². The van der Waals surface area contributed by atoms with Crippen molar-refractivity contribution in [2.75, 3.05) is 13.2 Å². The fourth-order valence-corrected chi connectivity index (χ4v) is 3.90. The molecule has 122 valence electrons. The minimum absolute atomic E-state index is 0.158. The lowest BCUT2D eigenvalue weighted by Gasteiger charge is -2.37. The summed E-state index contributed by atoms with van der Waals surface area (Å²) in [7, 11) is 0. The van der Waals surface area contributed by atoms with E-state index in [-0.39, 0.29) is 6.04 Å². The average molecular weight is 310 g/mol. The second kappa shape index (κ2) is 5.91. The van der Waals surface area contributed by atoms with Crippen LogP contribution in [0.3, 0.4) is 0 Å². The highest BCUT2D eigenvalue weighted by Gasteiger charge is 2.45. The van der Waals surface area contributed by atoms with Crippen LogP contribution < -0.4 is 5.32 Å². The zero-order chi connectivity index (χ0) is 15.0. The summed E-state index contributed by atoms with van der Waals surface area (Å²) in [6.07, 6.45) is 5.22. The number of hydrogen-bond donors (Lipinski definition) is 1. The van der Waals surface area contributed by atoms with Gasteiger partial charge in [-0.1, -0.05) is 5.16 Å². The fraction of sp³-hybridized carbons (Fsp3) is 0.812. The van der Waals surface area contributed by atoms with Crippen LogP contribution in [0.25, 0.3) is 0 Å². The average Bonchev–Trinajstić information content (AvgIpc) is 3.14. The van der Waals surface area contributed by atoms with E-state index in [9.17, 15) is 4.39 Å². The Labute approximate surface area is 129 Å². The molecule has 6 heteroatoms. The number of fused-ring (bicyclic) bond motifs is 1. The highest BCUT2D eigenvalue weighted by molar-refractivity contribution is 5.25. The van der Waals surface area contributed by atoms with Crippen molar-refractivity contribution in [1.29, 1.82) is 0 Å². The van der Waals surface area contributed by atoms with Crippen molar-refractivity contribution in [1.82, 2.24) is 10.5 Å². The third-order valence-corrected chi connectivity index (χ3v) is 5.16. The second-order valence-corrected chi connectivity index (χ2v) is 6.59. The fourth-order valence-electron chi connectivity index (χ4n) is 3.90. The number of halogens is 1. The smallest absolute Gasteiger partial charge is 0.171 e. The highest BCUT2D eigenvalue weighted by atomic mass is 19.1. The van der Waals surface area contributed by atoms with Gasteiger partial charge < -0.3 is 19.3 Å². The van der Waals surface area contributed by atoms with Gasteiger partial charge in [0.15, 0.2) is 5.79 Å². The van der Waals surface area contributed by atoms with Gasteiger partial charge in [-0.2, -0.15) is 0 Å². The maximum Gasteiger partial charge on any atom is 0.171 e. The van der Waals surface area contributed by atoms with Crippen molar-refractivity contribution in [3.63, 3.8) is 0 Å². The van der Waals surface area contributed by atoms with Crippen LogP contribution in [0.1, 0.15) is 49.1 Å². The minimum atomic E-state index is -0.949. The van der Waals surface area contributed by atoms with Crippen LogP contribution in [0, 0.1) is 0 Å². The molecule has 5 nitrogen and oxygen atoms in total. The summed E-state index contributed by atoms with van der Waals surface area (Å²) in [6, 6.07) is -0.158. The van der Waals surface area contributed by atoms with Gasteiger partial charge in [0.25, 0.3) is 0 Å². The summed E-state index contributed by atoms with van der Waals surface area (Å²) in [4.78, 5) is 0. The van der Waals surface area contributed by atoms with E-state index >= 15 is 0 Å². The maximum atomic E-state index is 14.4. The van der Waals surface area contributed by atoms with E-state index in [2.05, 4.69) is 10.5 Å².